The normalized spacial score (nSPS) is 23.0. The molecule has 1 aromatic rings. The maximum absolute atomic E-state index is 3.66. The van der Waals surface area contributed by atoms with E-state index in [0.717, 1.165) is 0 Å². The molecule has 1 fully saturated rings. The van der Waals surface area contributed by atoms with Crippen LogP contribution in [0.2, 0.25) is 0 Å². The second-order valence-corrected chi connectivity index (χ2v) is 6.52. The summed E-state index contributed by atoms with van der Waals surface area (Å²) in [5.74, 6) is 0.620. The van der Waals surface area contributed by atoms with Crippen molar-refractivity contribution in [3.63, 3.8) is 0 Å². The third kappa shape index (κ3) is 3.24. The highest BCUT2D eigenvalue weighted by atomic mass is 14.9. The highest BCUT2D eigenvalue weighted by Crippen LogP contribution is 2.38. The van der Waals surface area contributed by atoms with Gasteiger partial charge in [-0.2, -0.15) is 0 Å². The van der Waals surface area contributed by atoms with Crippen molar-refractivity contribution >= 4 is 5.69 Å². The molecule has 0 saturated heterocycles. The van der Waals surface area contributed by atoms with Gasteiger partial charge in [0.05, 0.1) is 0 Å². The summed E-state index contributed by atoms with van der Waals surface area (Å²) >= 11 is 0. The monoisotopic (exact) mass is 231 g/mol. The van der Waals surface area contributed by atoms with E-state index in [9.17, 15) is 0 Å². The van der Waals surface area contributed by atoms with Crippen molar-refractivity contribution < 1.29 is 0 Å². The van der Waals surface area contributed by atoms with E-state index in [1.54, 1.807) is 0 Å². The van der Waals surface area contributed by atoms with Crippen LogP contribution in [0.3, 0.4) is 0 Å². The van der Waals surface area contributed by atoms with Crippen LogP contribution in [0, 0.1) is 5.41 Å². The van der Waals surface area contributed by atoms with E-state index >= 15 is 0 Å². The standard InChI is InChI=1S/C16H25N/c1-12(2)13-5-7-14(8-6-13)17-15-9-10-16(3,4)11-15/h5-8,12,15,17H,9-11H2,1-4H3. The summed E-state index contributed by atoms with van der Waals surface area (Å²) in [6.07, 6.45) is 3.94. The third-order valence-corrected chi connectivity index (χ3v) is 3.92. The molecule has 1 N–H and O–H groups in total. The maximum Gasteiger partial charge on any atom is 0.0342 e. The van der Waals surface area contributed by atoms with Gasteiger partial charge in [0, 0.05) is 11.7 Å². The SMILES string of the molecule is CC(C)c1ccc(NC2CCC(C)(C)C2)cc1. The predicted molar refractivity (Wildman–Crippen MR) is 75.6 cm³/mol. The summed E-state index contributed by atoms with van der Waals surface area (Å²) in [5.41, 5.74) is 3.22. The van der Waals surface area contributed by atoms with Crippen LogP contribution >= 0.6 is 0 Å². The molecule has 1 heteroatoms. The highest BCUT2D eigenvalue weighted by molar-refractivity contribution is 5.46. The third-order valence-electron chi connectivity index (χ3n) is 3.92. The summed E-state index contributed by atoms with van der Waals surface area (Å²) in [4.78, 5) is 0. The summed E-state index contributed by atoms with van der Waals surface area (Å²) in [6, 6.07) is 9.59. The van der Waals surface area contributed by atoms with Crippen LogP contribution in [0.15, 0.2) is 24.3 Å². The van der Waals surface area contributed by atoms with Gasteiger partial charge in [-0.3, -0.25) is 0 Å². The van der Waals surface area contributed by atoms with Crippen LogP contribution in [0.4, 0.5) is 5.69 Å². The minimum Gasteiger partial charge on any atom is -0.382 e. The minimum absolute atomic E-state index is 0.523. The fraction of sp³-hybridized carbons (Fsp3) is 0.625. The first kappa shape index (κ1) is 12.5. The van der Waals surface area contributed by atoms with E-state index in [4.69, 9.17) is 0 Å². The Morgan fingerprint density at radius 3 is 2.29 bits per heavy atom. The van der Waals surface area contributed by atoms with Crippen molar-refractivity contribution in [3.05, 3.63) is 29.8 Å². The van der Waals surface area contributed by atoms with Crippen molar-refractivity contribution in [1.82, 2.24) is 0 Å². The Kier molecular flexibility index (Phi) is 3.46. The molecular weight excluding hydrogens is 206 g/mol. The van der Waals surface area contributed by atoms with Gasteiger partial charge in [0.15, 0.2) is 0 Å². The molecule has 2 rings (SSSR count). The molecule has 0 aromatic heterocycles. The predicted octanol–water partition coefficient (Wildman–Crippen LogP) is 4.80. The number of hydrogen-bond donors (Lipinski definition) is 1. The van der Waals surface area contributed by atoms with Gasteiger partial charge >= 0.3 is 0 Å². The van der Waals surface area contributed by atoms with Gasteiger partial charge in [-0.25, -0.2) is 0 Å². The largest absolute Gasteiger partial charge is 0.382 e. The Hall–Kier alpha value is -0.980. The van der Waals surface area contributed by atoms with Gasteiger partial charge in [-0.1, -0.05) is 39.8 Å². The van der Waals surface area contributed by atoms with E-state index in [2.05, 4.69) is 57.3 Å². The van der Waals surface area contributed by atoms with Crippen molar-refractivity contribution in [2.75, 3.05) is 5.32 Å². The smallest absolute Gasteiger partial charge is 0.0342 e. The number of hydrogen-bond acceptors (Lipinski definition) is 1. The fourth-order valence-corrected chi connectivity index (χ4v) is 2.76. The molecule has 94 valence electrons. The average Bonchev–Trinajstić information content (AvgIpc) is 2.59. The molecule has 0 radical (unpaired) electrons. The molecular formula is C16H25N. The Morgan fingerprint density at radius 2 is 1.82 bits per heavy atom. The van der Waals surface area contributed by atoms with Gasteiger partial charge in [-0.05, 0) is 48.3 Å². The molecule has 1 saturated carbocycles. The van der Waals surface area contributed by atoms with Gasteiger partial charge < -0.3 is 5.32 Å². The molecule has 0 heterocycles. The molecule has 1 aliphatic rings. The molecule has 1 nitrogen and oxygen atoms in total. The fourth-order valence-electron chi connectivity index (χ4n) is 2.76. The first-order valence-electron chi connectivity index (χ1n) is 6.83. The lowest BCUT2D eigenvalue weighted by atomic mass is 9.92. The van der Waals surface area contributed by atoms with Gasteiger partial charge in [0.2, 0.25) is 0 Å². The van der Waals surface area contributed by atoms with Crippen molar-refractivity contribution in [2.24, 2.45) is 5.41 Å². The van der Waals surface area contributed by atoms with Crippen LogP contribution in [-0.2, 0) is 0 Å². The van der Waals surface area contributed by atoms with E-state index in [1.807, 2.05) is 0 Å². The van der Waals surface area contributed by atoms with Crippen LogP contribution in [0.5, 0.6) is 0 Å². The molecule has 1 atom stereocenters. The van der Waals surface area contributed by atoms with E-state index in [0.29, 0.717) is 17.4 Å². The zero-order valence-electron chi connectivity index (χ0n) is 11.6. The lowest BCUT2D eigenvalue weighted by molar-refractivity contribution is 0.378. The molecule has 0 spiro atoms. The number of rotatable bonds is 3. The Balaban J connectivity index is 1.96. The van der Waals surface area contributed by atoms with Crippen molar-refractivity contribution in [3.8, 4) is 0 Å². The summed E-state index contributed by atoms with van der Waals surface area (Å²) in [6.45, 7) is 9.22. The number of benzene rings is 1. The van der Waals surface area contributed by atoms with Gasteiger partial charge in [0.1, 0.15) is 0 Å². The molecule has 1 aromatic carbocycles. The summed E-state index contributed by atoms with van der Waals surface area (Å²) in [5, 5.41) is 3.66. The van der Waals surface area contributed by atoms with Crippen molar-refractivity contribution in [2.45, 2.75) is 58.9 Å². The number of nitrogens with one attached hydrogen (secondary N) is 1. The maximum atomic E-state index is 3.66. The van der Waals surface area contributed by atoms with Crippen molar-refractivity contribution in [1.29, 1.82) is 0 Å². The average molecular weight is 231 g/mol. The second-order valence-electron chi connectivity index (χ2n) is 6.52. The van der Waals surface area contributed by atoms with E-state index in [1.165, 1.54) is 30.5 Å². The molecule has 1 unspecified atom stereocenters. The highest BCUT2D eigenvalue weighted by Gasteiger charge is 2.30. The summed E-state index contributed by atoms with van der Waals surface area (Å²) in [7, 11) is 0. The topological polar surface area (TPSA) is 12.0 Å². The molecule has 0 amide bonds. The summed E-state index contributed by atoms with van der Waals surface area (Å²) < 4.78 is 0. The quantitative estimate of drug-likeness (QED) is 0.788. The molecule has 17 heavy (non-hydrogen) atoms. The van der Waals surface area contributed by atoms with E-state index < -0.39 is 0 Å². The van der Waals surface area contributed by atoms with Crippen LogP contribution in [-0.4, -0.2) is 6.04 Å². The molecule has 0 bridgehead atoms. The zero-order valence-corrected chi connectivity index (χ0v) is 11.6. The number of anilines is 1. The first-order chi connectivity index (χ1) is 7.96. The lowest BCUT2D eigenvalue weighted by Crippen LogP contribution is -2.17. The van der Waals surface area contributed by atoms with Gasteiger partial charge in [-0.15, -0.1) is 0 Å². The lowest BCUT2D eigenvalue weighted by Gasteiger charge is -2.19. The second kappa shape index (κ2) is 4.72. The van der Waals surface area contributed by atoms with Crippen LogP contribution in [0.25, 0.3) is 0 Å². The van der Waals surface area contributed by atoms with Gasteiger partial charge in [0.25, 0.3) is 0 Å². The van der Waals surface area contributed by atoms with E-state index in [-0.39, 0.29) is 0 Å². The first-order valence-corrected chi connectivity index (χ1v) is 6.83. The van der Waals surface area contributed by atoms with Crippen LogP contribution in [0.1, 0.15) is 58.4 Å². The Labute approximate surface area is 106 Å². The zero-order chi connectivity index (χ0) is 12.5. The minimum atomic E-state index is 0.523. The molecule has 0 aliphatic heterocycles. The van der Waals surface area contributed by atoms with Crippen LogP contribution < -0.4 is 5.32 Å². The molecule has 1 aliphatic carbocycles. The Bertz CT molecular complexity index is 362. The Morgan fingerprint density at radius 1 is 1.18 bits per heavy atom.